The Balaban J connectivity index is 1.49. The van der Waals surface area contributed by atoms with E-state index in [-0.39, 0.29) is 11.8 Å². The van der Waals surface area contributed by atoms with Crippen molar-refractivity contribution < 1.29 is 4.79 Å². The van der Waals surface area contributed by atoms with E-state index >= 15 is 0 Å². The van der Waals surface area contributed by atoms with Gasteiger partial charge >= 0.3 is 0 Å². The number of benzene rings is 3. The summed E-state index contributed by atoms with van der Waals surface area (Å²) >= 11 is 12.8. The first-order valence-corrected chi connectivity index (χ1v) is 11.9. The number of hydrogen-bond donors (Lipinski definition) is 0. The minimum atomic E-state index is -0.0302. The van der Waals surface area contributed by atoms with Crippen molar-refractivity contribution >= 4 is 29.1 Å². The molecule has 1 atom stereocenters. The molecule has 0 radical (unpaired) electrons. The van der Waals surface area contributed by atoms with Gasteiger partial charge in [0.05, 0.1) is 5.92 Å². The van der Waals surface area contributed by atoms with Crippen molar-refractivity contribution in [1.29, 1.82) is 0 Å². The SMILES string of the molecule is O=C([C@@H]1CCCN(Cc2c(Cl)cccc2Cl)C1)N(Cc1ccccc1)Cc1ccccc1. The van der Waals surface area contributed by atoms with Gasteiger partial charge < -0.3 is 4.90 Å². The smallest absolute Gasteiger partial charge is 0.227 e. The number of nitrogens with zero attached hydrogens (tertiary/aromatic N) is 2. The average Bonchev–Trinajstić information content (AvgIpc) is 2.82. The van der Waals surface area contributed by atoms with E-state index in [0.717, 1.165) is 42.6 Å². The number of hydrogen-bond acceptors (Lipinski definition) is 2. The van der Waals surface area contributed by atoms with Gasteiger partial charge in [-0.3, -0.25) is 9.69 Å². The standard InChI is InChI=1S/C27H28Cl2N2O/c28-25-14-7-15-26(29)24(25)20-30-16-8-13-23(19-30)27(32)31(17-21-9-3-1-4-10-21)18-22-11-5-2-6-12-22/h1-7,9-12,14-15,23H,8,13,16-20H2/t23-/m1/s1. The second-order valence-corrected chi connectivity index (χ2v) is 9.25. The summed E-state index contributed by atoms with van der Waals surface area (Å²) in [6.45, 7) is 3.56. The molecule has 1 aliphatic rings. The number of amides is 1. The Hall–Kier alpha value is -2.33. The van der Waals surface area contributed by atoms with Crippen LogP contribution in [0.25, 0.3) is 0 Å². The summed E-state index contributed by atoms with van der Waals surface area (Å²) in [6.07, 6.45) is 1.90. The van der Waals surface area contributed by atoms with Crippen LogP contribution in [0.5, 0.6) is 0 Å². The van der Waals surface area contributed by atoms with Crippen molar-refractivity contribution in [2.75, 3.05) is 13.1 Å². The van der Waals surface area contributed by atoms with Crippen LogP contribution in [0.4, 0.5) is 0 Å². The Morgan fingerprint density at radius 2 is 1.41 bits per heavy atom. The molecule has 0 aromatic heterocycles. The number of carbonyl (C=O) groups excluding carboxylic acids is 1. The maximum absolute atomic E-state index is 13.7. The lowest BCUT2D eigenvalue weighted by atomic mass is 9.95. The third kappa shape index (κ3) is 5.92. The van der Waals surface area contributed by atoms with Gasteiger partial charge in [0.25, 0.3) is 0 Å². The molecule has 0 aliphatic carbocycles. The first-order chi connectivity index (χ1) is 15.6. The largest absolute Gasteiger partial charge is 0.334 e. The van der Waals surface area contributed by atoms with Crippen LogP contribution < -0.4 is 0 Å². The molecule has 166 valence electrons. The summed E-state index contributed by atoms with van der Waals surface area (Å²) in [7, 11) is 0. The van der Waals surface area contributed by atoms with Crippen molar-refractivity contribution in [1.82, 2.24) is 9.80 Å². The molecule has 1 aliphatic heterocycles. The molecule has 3 aromatic rings. The predicted octanol–water partition coefficient (Wildman–Crippen LogP) is 6.43. The summed E-state index contributed by atoms with van der Waals surface area (Å²) in [6, 6.07) is 26.0. The molecule has 0 bridgehead atoms. The number of carbonyl (C=O) groups is 1. The monoisotopic (exact) mass is 466 g/mol. The van der Waals surface area contributed by atoms with Crippen LogP contribution in [-0.4, -0.2) is 28.8 Å². The van der Waals surface area contributed by atoms with E-state index in [4.69, 9.17) is 23.2 Å². The van der Waals surface area contributed by atoms with Crippen molar-refractivity contribution in [2.45, 2.75) is 32.5 Å². The van der Waals surface area contributed by atoms with Crippen LogP contribution in [0.2, 0.25) is 10.0 Å². The van der Waals surface area contributed by atoms with E-state index in [0.29, 0.717) is 29.7 Å². The zero-order valence-electron chi connectivity index (χ0n) is 18.1. The predicted molar refractivity (Wildman–Crippen MR) is 132 cm³/mol. The molecule has 1 saturated heterocycles. The number of rotatable bonds is 7. The van der Waals surface area contributed by atoms with Gasteiger partial charge in [0.2, 0.25) is 5.91 Å². The van der Waals surface area contributed by atoms with Crippen LogP contribution in [0.15, 0.2) is 78.9 Å². The second kappa shape index (κ2) is 11.0. The highest BCUT2D eigenvalue weighted by Crippen LogP contribution is 2.28. The van der Waals surface area contributed by atoms with Crippen LogP contribution in [0, 0.1) is 5.92 Å². The van der Waals surface area contributed by atoms with Crippen LogP contribution in [-0.2, 0) is 24.4 Å². The number of likely N-dealkylation sites (tertiary alicyclic amines) is 1. The Kier molecular flexibility index (Phi) is 7.85. The minimum Gasteiger partial charge on any atom is -0.334 e. The molecule has 32 heavy (non-hydrogen) atoms. The summed E-state index contributed by atoms with van der Waals surface area (Å²) in [5.74, 6) is 0.185. The zero-order valence-corrected chi connectivity index (χ0v) is 19.6. The van der Waals surface area contributed by atoms with Gasteiger partial charge in [-0.1, -0.05) is 89.9 Å². The molecule has 3 nitrogen and oxygen atoms in total. The van der Waals surface area contributed by atoms with E-state index < -0.39 is 0 Å². The molecule has 5 heteroatoms. The maximum Gasteiger partial charge on any atom is 0.227 e. The van der Waals surface area contributed by atoms with Gasteiger partial charge in [-0.15, -0.1) is 0 Å². The molecule has 0 unspecified atom stereocenters. The Labute approximate surface area is 200 Å². The number of halogens is 2. The lowest BCUT2D eigenvalue weighted by Crippen LogP contribution is -2.44. The molecule has 4 rings (SSSR count). The fourth-order valence-electron chi connectivity index (χ4n) is 4.39. The highest BCUT2D eigenvalue weighted by molar-refractivity contribution is 6.35. The molecule has 1 heterocycles. The zero-order chi connectivity index (χ0) is 22.3. The minimum absolute atomic E-state index is 0.0302. The van der Waals surface area contributed by atoms with Gasteiger partial charge in [0, 0.05) is 41.8 Å². The lowest BCUT2D eigenvalue weighted by molar-refractivity contribution is -0.138. The Morgan fingerprint density at radius 1 is 0.844 bits per heavy atom. The molecule has 1 fully saturated rings. The summed E-state index contributed by atoms with van der Waals surface area (Å²) in [5.41, 5.74) is 3.23. The van der Waals surface area contributed by atoms with Crippen LogP contribution in [0.3, 0.4) is 0 Å². The highest BCUT2D eigenvalue weighted by Gasteiger charge is 2.30. The van der Waals surface area contributed by atoms with Crippen molar-refractivity contribution in [3.05, 3.63) is 106 Å². The average molecular weight is 467 g/mol. The van der Waals surface area contributed by atoms with Crippen molar-refractivity contribution in [2.24, 2.45) is 5.92 Å². The van der Waals surface area contributed by atoms with E-state index in [1.165, 1.54) is 0 Å². The van der Waals surface area contributed by atoms with E-state index in [2.05, 4.69) is 29.2 Å². The number of piperidine rings is 1. The van der Waals surface area contributed by atoms with Crippen molar-refractivity contribution in [3.63, 3.8) is 0 Å². The Morgan fingerprint density at radius 3 is 1.97 bits per heavy atom. The molecule has 1 amide bonds. The van der Waals surface area contributed by atoms with E-state index in [9.17, 15) is 4.79 Å². The summed E-state index contributed by atoms with van der Waals surface area (Å²) in [4.78, 5) is 18.0. The van der Waals surface area contributed by atoms with E-state index in [1.807, 2.05) is 59.5 Å². The first-order valence-electron chi connectivity index (χ1n) is 11.1. The molecular weight excluding hydrogens is 439 g/mol. The fraction of sp³-hybridized carbons (Fsp3) is 0.296. The maximum atomic E-state index is 13.7. The van der Waals surface area contributed by atoms with Gasteiger partial charge in [-0.05, 0) is 42.6 Å². The summed E-state index contributed by atoms with van der Waals surface area (Å²) < 4.78 is 0. The molecule has 0 saturated carbocycles. The van der Waals surface area contributed by atoms with Crippen molar-refractivity contribution in [3.8, 4) is 0 Å². The molecule has 3 aromatic carbocycles. The molecular formula is C27H28Cl2N2O. The van der Waals surface area contributed by atoms with Gasteiger partial charge in [-0.2, -0.15) is 0 Å². The first kappa shape index (κ1) is 22.8. The Bertz CT molecular complexity index is 965. The summed E-state index contributed by atoms with van der Waals surface area (Å²) in [5, 5.41) is 1.36. The highest BCUT2D eigenvalue weighted by atomic mass is 35.5. The molecule has 0 spiro atoms. The van der Waals surface area contributed by atoms with E-state index in [1.54, 1.807) is 0 Å². The quantitative estimate of drug-likeness (QED) is 0.400. The molecule has 0 N–H and O–H groups in total. The lowest BCUT2D eigenvalue weighted by Gasteiger charge is -2.35. The third-order valence-corrected chi connectivity index (χ3v) is 6.75. The van der Waals surface area contributed by atoms with Crippen LogP contribution >= 0.6 is 23.2 Å². The normalized spacial score (nSPS) is 16.6. The van der Waals surface area contributed by atoms with Crippen LogP contribution in [0.1, 0.15) is 29.5 Å². The van der Waals surface area contributed by atoms with Gasteiger partial charge in [-0.25, -0.2) is 0 Å². The topological polar surface area (TPSA) is 23.6 Å². The third-order valence-electron chi connectivity index (χ3n) is 6.04. The second-order valence-electron chi connectivity index (χ2n) is 8.44. The van der Waals surface area contributed by atoms with Gasteiger partial charge in [0.15, 0.2) is 0 Å². The fourth-order valence-corrected chi connectivity index (χ4v) is 4.90. The van der Waals surface area contributed by atoms with Gasteiger partial charge in [0.1, 0.15) is 0 Å².